The molecule has 0 N–H and O–H groups in total. The Kier molecular flexibility index (Phi) is 6.65. The highest BCUT2D eigenvalue weighted by Crippen LogP contribution is 2.17. The van der Waals surface area contributed by atoms with E-state index in [1.54, 1.807) is 11.9 Å². The molecule has 0 bridgehead atoms. The number of hydrogen-bond donors (Lipinski definition) is 0. The summed E-state index contributed by atoms with van der Waals surface area (Å²) in [6.07, 6.45) is 3.14. The van der Waals surface area contributed by atoms with Gasteiger partial charge in [0.1, 0.15) is 5.82 Å². The zero-order valence-corrected chi connectivity index (χ0v) is 12.6. The van der Waals surface area contributed by atoms with Crippen molar-refractivity contribution in [1.29, 1.82) is 0 Å². The lowest BCUT2D eigenvalue weighted by atomic mass is 10.2. The molecule has 0 aromatic heterocycles. The Morgan fingerprint density at radius 2 is 2.11 bits per heavy atom. The molecular weight excluding hydrogens is 321 g/mol. The topological polar surface area (TPSA) is 20.3 Å². The van der Waals surface area contributed by atoms with E-state index in [1.807, 2.05) is 0 Å². The summed E-state index contributed by atoms with van der Waals surface area (Å²) in [5.41, 5.74) is 0.421. The van der Waals surface area contributed by atoms with Crippen LogP contribution in [0.4, 0.5) is 4.39 Å². The summed E-state index contributed by atoms with van der Waals surface area (Å²) in [6, 6.07) is 4.04. The monoisotopic (exact) mass is 335 g/mol. The Morgan fingerprint density at radius 3 is 2.72 bits per heavy atom. The summed E-state index contributed by atoms with van der Waals surface area (Å²) in [5, 5.41) is 0.964. The number of carbonyl (C=O) groups excluding carboxylic acids is 1. The Balaban J connectivity index is 2.54. The van der Waals surface area contributed by atoms with Crippen LogP contribution in [-0.2, 0) is 0 Å². The first kappa shape index (κ1) is 15.4. The molecule has 0 radical (unpaired) electrons. The summed E-state index contributed by atoms with van der Waals surface area (Å²) in [5.74, 6) is -0.635. The molecular formula is C13H16BrClFNO. The molecule has 0 spiro atoms. The molecule has 0 aliphatic heterocycles. The maximum absolute atomic E-state index is 13.0. The van der Waals surface area contributed by atoms with Gasteiger partial charge in [-0.2, -0.15) is 0 Å². The third-order valence-electron chi connectivity index (χ3n) is 2.64. The van der Waals surface area contributed by atoms with Crippen LogP contribution in [0.1, 0.15) is 29.6 Å². The number of hydrogen-bond acceptors (Lipinski definition) is 1. The van der Waals surface area contributed by atoms with E-state index < -0.39 is 5.82 Å². The number of carbonyl (C=O) groups is 1. The Labute approximate surface area is 120 Å². The van der Waals surface area contributed by atoms with Gasteiger partial charge in [-0.3, -0.25) is 4.79 Å². The normalized spacial score (nSPS) is 10.4. The van der Waals surface area contributed by atoms with Crippen LogP contribution in [-0.4, -0.2) is 29.7 Å². The van der Waals surface area contributed by atoms with Gasteiger partial charge in [-0.15, -0.1) is 0 Å². The van der Waals surface area contributed by atoms with Crippen molar-refractivity contribution in [1.82, 2.24) is 4.90 Å². The maximum atomic E-state index is 13.0. The summed E-state index contributed by atoms with van der Waals surface area (Å²) in [7, 11) is 1.74. The zero-order valence-electron chi connectivity index (χ0n) is 10.3. The van der Waals surface area contributed by atoms with Gasteiger partial charge in [0.15, 0.2) is 0 Å². The van der Waals surface area contributed by atoms with E-state index >= 15 is 0 Å². The lowest BCUT2D eigenvalue weighted by Gasteiger charge is -2.17. The third kappa shape index (κ3) is 4.58. The van der Waals surface area contributed by atoms with E-state index in [0.717, 1.165) is 24.6 Å². The summed E-state index contributed by atoms with van der Waals surface area (Å²) in [6.45, 7) is 0.695. The van der Waals surface area contributed by atoms with Crippen molar-refractivity contribution in [3.8, 4) is 0 Å². The highest BCUT2D eigenvalue weighted by atomic mass is 79.9. The number of amides is 1. The second kappa shape index (κ2) is 7.74. The van der Waals surface area contributed by atoms with Crippen LogP contribution in [0.5, 0.6) is 0 Å². The molecule has 2 nitrogen and oxygen atoms in total. The quantitative estimate of drug-likeness (QED) is 0.565. The van der Waals surface area contributed by atoms with Crippen molar-refractivity contribution in [2.45, 2.75) is 19.3 Å². The van der Waals surface area contributed by atoms with Crippen LogP contribution in [0.15, 0.2) is 18.2 Å². The second-order valence-electron chi connectivity index (χ2n) is 4.11. The maximum Gasteiger partial charge on any atom is 0.253 e. The minimum atomic E-state index is -0.506. The third-order valence-corrected chi connectivity index (χ3v) is 3.49. The van der Waals surface area contributed by atoms with E-state index in [9.17, 15) is 9.18 Å². The first-order chi connectivity index (χ1) is 8.56. The van der Waals surface area contributed by atoms with Gasteiger partial charge in [-0.25, -0.2) is 4.39 Å². The van der Waals surface area contributed by atoms with Crippen molar-refractivity contribution in [3.63, 3.8) is 0 Å². The molecule has 1 aromatic rings. The van der Waals surface area contributed by atoms with Crippen molar-refractivity contribution in [2.24, 2.45) is 0 Å². The Hall–Kier alpha value is -0.610. The van der Waals surface area contributed by atoms with E-state index in [2.05, 4.69) is 15.9 Å². The average molecular weight is 337 g/mol. The van der Waals surface area contributed by atoms with Gasteiger partial charge in [-0.1, -0.05) is 34.0 Å². The fourth-order valence-electron chi connectivity index (χ4n) is 1.57. The molecule has 0 aliphatic rings. The van der Waals surface area contributed by atoms with Gasteiger partial charge < -0.3 is 4.90 Å². The molecule has 0 saturated carbocycles. The van der Waals surface area contributed by atoms with Crippen LogP contribution in [0.3, 0.4) is 0 Å². The van der Waals surface area contributed by atoms with Crippen molar-refractivity contribution >= 4 is 33.4 Å². The molecule has 1 rings (SSSR count). The minimum absolute atomic E-state index is 0.0199. The van der Waals surface area contributed by atoms with Crippen LogP contribution in [0.25, 0.3) is 0 Å². The molecule has 0 unspecified atom stereocenters. The largest absolute Gasteiger partial charge is 0.342 e. The fraction of sp³-hybridized carbons (Fsp3) is 0.462. The number of benzene rings is 1. The molecule has 1 aromatic carbocycles. The molecule has 0 heterocycles. The average Bonchev–Trinajstić information content (AvgIpc) is 2.37. The van der Waals surface area contributed by atoms with Gasteiger partial charge in [-0.05, 0) is 31.0 Å². The molecule has 5 heteroatoms. The lowest BCUT2D eigenvalue weighted by Crippen LogP contribution is -2.27. The van der Waals surface area contributed by atoms with Gasteiger partial charge >= 0.3 is 0 Å². The Bertz CT molecular complexity index is 414. The summed E-state index contributed by atoms with van der Waals surface area (Å²) in [4.78, 5) is 13.6. The number of nitrogens with zero attached hydrogens (tertiary/aromatic N) is 1. The SMILES string of the molecule is CN(CCCCCBr)C(=O)c1ccc(F)c(Cl)c1. The first-order valence-corrected chi connectivity index (χ1v) is 7.32. The van der Waals surface area contributed by atoms with Crippen molar-refractivity contribution < 1.29 is 9.18 Å². The minimum Gasteiger partial charge on any atom is -0.342 e. The molecule has 0 atom stereocenters. The molecule has 100 valence electrons. The zero-order chi connectivity index (χ0) is 13.5. The van der Waals surface area contributed by atoms with E-state index in [1.165, 1.54) is 18.2 Å². The highest BCUT2D eigenvalue weighted by Gasteiger charge is 2.12. The van der Waals surface area contributed by atoms with Crippen LogP contribution in [0, 0.1) is 5.82 Å². The van der Waals surface area contributed by atoms with E-state index in [0.29, 0.717) is 12.1 Å². The highest BCUT2D eigenvalue weighted by molar-refractivity contribution is 9.09. The fourth-order valence-corrected chi connectivity index (χ4v) is 2.15. The molecule has 0 fully saturated rings. The Morgan fingerprint density at radius 1 is 1.39 bits per heavy atom. The standard InChI is InChI=1S/C13H16BrClFNO/c1-17(8-4-2-3-7-14)13(18)10-5-6-12(16)11(15)9-10/h5-6,9H,2-4,7-8H2,1H3. The molecule has 0 saturated heterocycles. The predicted octanol–water partition coefficient (Wildman–Crippen LogP) is 4.12. The van der Waals surface area contributed by atoms with Crippen molar-refractivity contribution in [2.75, 3.05) is 18.9 Å². The summed E-state index contributed by atoms with van der Waals surface area (Å²) >= 11 is 9.02. The van der Waals surface area contributed by atoms with Crippen molar-refractivity contribution in [3.05, 3.63) is 34.6 Å². The predicted molar refractivity (Wildman–Crippen MR) is 76.0 cm³/mol. The second-order valence-corrected chi connectivity index (χ2v) is 5.31. The van der Waals surface area contributed by atoms with Gasteiger partial charge in [0.05, 0.1) is 5.02 Å². The van der Waals surface area contributed by atoms with Crippen LogP contribution in [0.2, 0.25) is 5.02 Å². The number of rotatable bonds is 6. The van der Waals surface area contributed by atoms with Gasteiger partial charge in [0, 0.05) is 24.5 Å². The van der Waals surface area contributed by atoms with E-state index in [4.69, 9.17) is 11.6 Å². The van der Waals surface area contributed by atoms with Gasteiger partial charge in [0.2, 0.25) is 0 Å². The molecule has 0 aliphatic carbocycles. The number of halogens is 3. The summed E-state index contributed by atoms with van der Waals surface area (Å²) < 4.78 is 13.0. The lowest BCUT2D eigenvalue weighted by molar-refractivity contribution is 0.0792. The van der Waals surface area contributed by atoms with Gasteiger partial charge in [0.25, 0.3) is 5.91 Å². The molecule has 18 heavy (non-hydrogen) atoms. The van der Waals surface area contributed by atoms with E-state index in [-0.39, 0.29) is 10.9 Å². The molecule has 1 amide bonds. The van der Waals surface area contributed by atoms with Crippen LogP contribution >= 0.6 is 27.5 Å². The number of alkyl halides is 1. The smallest absolute Gasteiger partial charge is 0.253 e. The first-order valence-electron chi connectivity index (χ1n) is 5.82. The number of unbranched alkanes of at least 4 members (excludes halogenated alkanes) is 2. The van der Waals surface area contributed by atoms with Crippen LogP contribution < -0.4 is 0 Å².